The van der Waals surface area contributed by atoms with Crippen LogP contribution in [0.25, 0.3) is 0 Å². The Morgan fingerprint density at radius 2 is 2.00 bits per heavy atom. The van der Waals surface area contributed by atoms with Crippen molar-refractivity contribution in [3.8, 4) is 0 Å². The summed E-state index contributed by atoms with van der Waals surface area (Å²) in [5.74, 6) is -0.312. The fraction of sp³-hybridized carbons (Fsp3) is 0.294. The second-order valence-electron chi connectivity index (χ2n) is 4.88. The summed E-state index contributed by atoms with van der Waals surface area (Å²) >= 11 is 6.17. The first-order valence-corrected chi connectivity index (χ1v) is 7.24. The SMILES string of the molecule is CCCc1cccc(C(NC)c2ccc(F)cc2Cl)c1. The van der Waals surface area contributed by atoms with Crippen LogP contribution in [0.3, 0.4) is 0 Å². The molecule has 0 bridgehead atoms. The van der Waals surface area contributed by atoms with Gasteiger partial charge in [0.05, 0.1) is 6.04 Å². The maximum absolute atomic E-state index is 13.2. The van der Waals surface area contributed by atoms with Crippen LogP contribution in [-0.2, 0) is 6.42 Å². The molecule has 0 radical (unpaired) electrons. The first kappa shape index (κ1) is 15.0. The highest BCUT2D eigenvalue weighted by atomic mass is 35.5. The molecule has 106 valence electrons. The number of aryl methyl sites for hydroxylation is 1. The molecule has 1 nitrogen and oxygen atoms in total. The van der Waals surface area contributed by atoms with Gasteiger partial charge in [-0.2, -0.15) is 0 Å². The standard InChI is InChI=1S/C17H19ClFN/c1-3-5-12-6-4-7-13(10-12)17(20-2)15-9-8-14(19)11-16(15)18/h4,6-11,17,20H,3,5H2,1-2H3. The summed E-state index contributed by atoms with van der Waals surface area (Å²) in [7, 11) is 1.89. The molecule has 0 saturated carbocycles. The van der Waals surface area contributed by atoms with Crippen LogP contribution in [0.5, 0.6) is 0 Å². The van der Waals surface area contributed by atoms with Crippen molar-refractivity contribution < 1.29 is 4.39 Å². The van der Waals surface area contributed by atoms with Gasteiger partial charge in [-0.05, 0) is 42.3 Å². The van der Waals surface area contributed by atoms with Crippen molar-refractivity contribution in [3.05, 3.63) is 70.0 Å². The van der Waals surface area contributed by atoms with E-state index in [-0.39, 0.29) is 11.9 Å². The van der Waals surface area contributed by atoms with Crippen molar-refractivity contribution in [1.82, 2.24) is 5.32 Å². The van der Waals surface area contributed by atoms with Crippen LogP contribution >= 0.6 is 11.6 Å². The number of benzene rings is 2. The lowest BCUT2D eigenvalue weighted by atomic mass is 9.96. The van der Waals surface area contributed by atoms with Crippen molar-refractivity contribution in [2.75, 3.05) is 7.05 Å². The maximum Gasteiger partial charge on any atom is 0.124 e. The number of halogens is 2. The lowest BCUT2D eigenvalue weighted by Gasteiger charge is -2.19. The molecule has 2 aromatic rings. The van der Waals surface area contributed by atoms with Gasteiger partial charge in [0.25, 0.3) is 0 Å². The van der Waals surface area contributed by atoms with E-state index in [1.807, 2.05) is 7.05 Å². The average Bonchev–Trinajstić information content (AvgIpc) is 2.43. The minimum Gasteiger partial charge on any atom is -0.309 e. The largest absolute Gasteiger partial charge is 0.309 e. The molecule has 0 spiro atoms. The van der Waals surface area contributed by atoms with E-state index >= 15 is 0 Å². The third-order valence-corrected chi connectivity index (χ3v) is 3.71. The molecule has 0 aliphatic rings. The third kappa shape index (κ3) is 3.38. The van der Waals surface area contributed by atoms with Crippen LogP contribution in [0.4, 0.5) is 4.39 Å². The Kier molecular flexibility index (Phi) is 5.16. The molecule has 0 heterocycles. The van der Waals surface area contributed by atoms with Gasteiger partial charge in [-0.1, -0.05) is 55.3 Å². The molecular formula is C17H19ClFN. The number of nitrogens with one attached hydrogen (secondary N) is 1. The van der Waals surface area contributed by atoms with Gasteiger partial charge in [0.2, 0.25) is 0 Å². The van der Waals surface area contributed by atoms with Crippen LogP contribution in [0.2, 0.25) is 5.02 Å². The van der Waals surface area contributed by atoms with Gasteiger partial charge in [0.15, 0.2) is 0 Å². The summed E-state index contributed by atoms with van der Waals surface area (Å²) in [5.41, 5.74) is 3.35. The van der Waals surface area contributed by atoms with E-state index in [4.69, 9.17) is 11.6 Å². The second-order valence-corrected chi connectivity index (χ2v) is 5.29. The zero-order chi connectivity index (χ0) is 14.5. The Bertz CT molecular complexity index is 583. The van der Waals surface area contributed by atoms with E-state index < -0.39 is 0 Å². The van der Waals surface area contributed by atoms with Crippen molar-refractivity contribution in [1.29, 1.82) is 0 Å². The molecule has 2 aromatic carbocycles. The Labute approximate surface area is 124 Å². The second kappa shape index (κ2) is 6.87. The van der Waals surface area contributed by atoms with Gasteiger partial charge in [-0.25, -0.2) is 4.39 Å². The quantitative estimate of drug-likeness (QED) is 0.839. The van der Waals surface area contributed by atoms with Gasteiger partial charge in [0, 0.05) is 5.02 Å². The lowest BCUT2D eigenvalue weighted by Crippen LogP contribution is -2.18. The molecule has 0 amide bonds. The van der Waals surface area contributed by atoms with Gasteiger partial charge in [-0.3, -0.25) is 0 Å². The minimum absolute atomic E-state index is 0.0279. The Morgan fingerprint density at radius 1 is 1.20 bits per heavy atom. The first-order chi connectivity index (χ1) is 9.65. The molecule has 1 N–H and O–H groups in total. The fourth-order valence-electron chi connectivity index (χ4n) is 2.45. The van der Waals surface area contributed by atoms with Crippen LogP contribution < -0.4 is 5.32 Å². The number of hydrogen-bond donors (Lipinski definition) is 1. The summed E-state index contributed by atoms with van der Waals surface area (Å²) in [6, 6.07) is 13.0. The molecule has 0 aromatic heterocycles. The third-order valence-electron chi connectivity index (χ3n) is 3.39. The number of rotatable bonds is 5. The van der Waals surface area contributed by atoms with Crippen molar-refractivity contribution in [2.24, 2.45) is 0 Å². The van der Waals surface area contributed by atoms with Crippen LogP contribution in [0, 0.1) is 5.82 Å². The summed E-state index contributed by atoms with van der Waals surface area (Å²) in [6.45, 7) is 2.17. The topological polar surface area (TPSA) is 12.0 Å². The molecule has 2 rings (SSSR count). The van der Waals surface area contributed by atoms with Crippen molar-refractivity contribution in [2.45, 2.75) is 25.8 Å². The highest BCUT2D eigenvalue weighted by molar-refractivity contribution is 6.31. The lowest BCUT2D eigenvalue weighted by molar-refractivity contribution is 0.623. The number of hydrogen-bond acceptors (Lipinski definition) is 1. The highest BCUT2D eigenvalue weighted by Crippen LogP contribution is 2.29. The summed E-state index contributed by atoms with van der Waals surface area (Å²) in [4.78, 5) is 0. The maximum atomic E-state index is 13.2. The van der Waals surface area contributed by atoms with E-state index in [9.17, 15) is 4.39 Å². The van der Waals surface area contributed by atoms with Gasteiger partial charge in [0.1, 0.15) is 5.82 Å². The average molecular weight is 292 g/mol. The van der Waals surface area contributed by atoms with E-state index in [1.165, 1.54) is 17.7 Å². The molecule has 0 fully saturated rings. The van der Waals surface area contributed by atoms with Gasteiger partial charge >= 0.3 is 0 Å². The smallest absolute Gasteiger partial charge is 0.124 e. The van der Waals surface area contributed by atoms with Crippen LogP contribution in [0.15, 0.2) is 42.5 Å². The molecule has 0 saturated heterocycles. The van der Waals surface area contributed by atoms with Gasteiger partial charge < -0.3 is 5.32 Å². The van der Waals surface area contributed by atoms with E-state index in [1.54, 1.807) is 6.07 Å². The van der Waals surface area contributed by atoms with E-state index in [0.717, 1.165) is 24.0 Å². The summed E-state index contributed by atoms with van der Waals surface area (Å²) < 4.78 is 13.2. The highest BCUT2D eigenvalue weighted by Gasteiger charge is 2.15. The Balaban J connectivity index is 2.38. The monoisotopic (exact) mass is 291 g/mol. The summed E-state index contributed by atoms with van der Waals surface area (Å²) in [5, 5.41) is 3.71. The molecule has 20 heavy (non-hydrogen) atoms. The molecular weight excluding hydrogens is 273 g/mol. The predicted octanol–water partition coefficient (Wildman–Crippen LogP) is 4.74. The molecule has 3 heteroatoms. The fourth-order valence-corrected chi connectivity index (χ4v) is 2.73. The molecule has 1 atom stereocenters. The summed E-state index contributed by atoms with van der Waals surface area (Å²) in [6.07, 6.45) is 2.17. The van der Waals surface area contributed by atoms with E-state index in [0.29, 0.717) is 5.02 Å². The molecule has 0 aliphatic heterocycles. The van der Waals surface area contributed by atoms with Gasteiger partial charge in [-0.15, -0.1) is 0 Å². The Hall–Kier alpha value is -1.38. The van der Waals surface area contributed by atoms with Crippen molar-refractivity contribution >= 4 is 11.6 Å². The van der Waals surface area contributed by atoms with Crippen molar-refractivity contribution in [3.63, 3.8) is 0 Å². The predicted molar refractivity (Wildman–Crippen MR) is 82.7 cm³/mol. The molecule has 1 unspecified atom stereocenters. The Morgan fingerprint density at radius 3 is 2.65 bits per heavy atom. The molecule has 0 aliphatic carbocycles. The minimum atomic E-state index is -0.312. The first-order valence-electron chi connectivity index (χ1n) is 6.86. The normalized spacial score (nSPS) is 12.4. The van der Waals surface area contributed by atoms with E-state index in [2.05, 4.69) is 36.5 Å². The van der Waals surface area contributed by atoms with Crippen LogP contribution in [0.1, 0.15) is 36.1 Å². The van der Waals surface area contributed by atoms with Crippen LogP contribution in [-0.4, -0.2) is 7.05 Å². The zero-order valence-corrected chi connectivity index (χ0v) is 12.5. The zero-order valence-electron chi connectivity index (χ0n) is 11.8.